The average molecular weight is 427 g/mol. The number of nitrogens with zero attached hydrogens (tertiary/aromatic N) is 2. The lowest BCUT2D eigenvalue weighted by atomic mass is 10.00. The van der Waals surface area contributed by atoms with Crippen LogP contribution in [0.3, 0.4) is 0 Å². The molecule has 0 bridgehead atoms. The molecule has 3 aromatic carbocycles. The van der Waals surface area contributed by atoms with Gasteiger partial charge in [-0.25, -0.2) is 4.68 Å². The summed E-state index contributed by atoms with van der Waals surface area (Å²) >= 11 is 0. The molecule has 32 heavy (non-hydrogen) atoms. The summed E-state index contributed by atoms with van der Waals surface area (Å²) in [6.07, 6.45) is 1.73. The van der Waals surface area contributed by atoms with Crippen LogP contribution in [0.15, 0.2) is 89.7 Å². The molecule has 0 saturated carbocycles. The van der Waals surface area contributed by atoms with E-state index >= 15 is 0 Å². The molecule has 4 rings (SSSR count). The van der Waals surface area contributed by atoms with Gasteiger partial charge in [0, 0.05) is 23.7 Å². The van der Waals surface area contributed by atoms with E-state index in [1.165, 1.54) is 5.56 Å². The number of ether oxygens (including phenoxy) is 2. The smallest absolute Gasteiger partial charge is 0.267 e. The van der Waals surface area contributed by atoms with Crippen LogP contribution in [0.5, 0.6) is 11.5 Å². The zero-order valence-corrected chi connectivity index (χ0v) is 18.3. The Labute approximate surface area is 187 Å². The third kappa shape index (κ3) is 4.89. The lowest BCUT2D eigenvalue weighted by Gasteiger charge is -2.13. The molecule has 0 aliphatic heterocycles. The van der Waals surface area contributed by atoms with Crippen LogP contribution < -0.4 is 15.0 Å². The van der Waals surface area contributed by atoms with Crippen LogP contribution in [0.25, 0.3) is 22.4 Å². The van der Waals surface area contributed by atoms with Crippen molar-refractivity contribution in [2.24, 2.45) is 0 Å². The molecule has 0 atom stereocenters. The van der Waals surface area contributed by atoms with Crippen LogP contribution in [-0.2, 0) is 13.0 Å². The monoisotopic (exact) mass is 426 g/mol. The van der Waals surface area contributed by atoms with Gasteiger partial charge in [0.2, 0.25) is 0 Å². The summed E-state index contributed by atoms with van der Waals surface area (Å²) in [4.78, 5) is 12.9. The first-order chi connectivity index (χ1) is 15.7. The van der Waals surface area contributed by atoms with Crippen molar-refractivity contribution in [2.75, 3.05) is 14.2 Å². The lowest BCUT2D eigenvalue weighted by molar-refractivity contribution is 0.414. The predicted octanol–water partition coefficient (Wildman–Crippen LogP) is 5.23. The van der Waals surface area contributed by atoms with Crippen molar-refractivity contribution < 1.29 is 9.47 Å². The molecule has 1 heterocycles. The van der Waals surface area contributed by atoms with Crippen LogP contribution in [0.1, 0.15) is 12.0 Å². The van der Waals surface area contributed by atoms with E-state index < -0.39 is 0 Å². The summed E-state index contributed by atoms with van der Waals surface area (Å²) in [5.74, 6) is 1.54. The highest BCUT2D eigenvalue weighted by Gasteiger charge is 2.14. The molecule has 0 saturated heterocycles. The Bertz CT molecular complexity index is 1210. The summed E-state index contributed by atoms with van der Waals surface area (Å²) in [6, 6.07) is 27.4. The largest absolute Gasteiger partial charge is 0.497 e. The number of rotatable bonds is 8. The van der Waals surface area contributed by atoms with Gasteiger partial charge >= 0.3 is 0 Å². The van der Waals surface area contributed by atoms with E-state index in [9.17, 15) is 4.79 Å². The quantitative estimate of drug-likeness (QED) is 0.387. The minimum atomic E-state index is -0.110. The van der Waals surface area contributed by atoms with Crippen molar-refractivity contribution in [3.8, 4) is 33.9 Å². The Morgan fingerprint density at radius 1 is 0.781 bits per heavy atom. The van der Waals surface area contributed by atoms with Crippen molar-refractivity contribution >= 4 is 0 Å². The second kappa shape index (κ2) is 9.96. The van der Waals surface area contributed by atoms with Crippen LogP contribution in [0.4, 0.5) is 0 Å². The molecule has 0 N–H and O–H groups in total. The van der Waals surface area contributed by atoms with Gasteiger partial charge in [0.05, 0.1) is 19.9 Å². The van der Waals surface area contributed by atoms with E-state index in [0.717, 1.165) is 46.7 Å². The van der Waals surface area contributed by atoms with E-state index in [4.69, 9.17) is 14.6 Å². The first-order valence-corrected chi connectivity index (χ1v) is 10.6. The molecule has 5 nitrogen and oxygen atoms in total. The van der Waals surface area contributed by atoms with E-state index in [1.807, 2.05) is 66.7 Å². The minimum Gasteiger partial charge on any atom is -0.497 e. The van der Waals surface area contributed by atoms with Crippen LogP contribution >= 0.6 is 0 Å². The van der Waals surface area contributed by atoms with Gasteiger partial charge in [0.1, 0.15) is 11.5 Å². The molecule has 0 radical (unpaired) electrons. The molecule has 0 spiro atoms. The highest BCUT2D eigenvalue weighted by atomic mass is 16.5. The van der Waals surface area contributed by atoms with E-state index in [-0.39, 0.29) is 5.56 Å². The molecule has 1 aromatic heterocycles. The Kier molecular flexibility index (Phi) is 6.66. The zero-order chi connectivity index (χ0) is 22.3. The molecule has 5 heteroatoms. The molecular formula is C27H26N2O3. The average Bonchev–Trinajstić information content (AvgIpc) is 2.85. The third-order valence-corrected chi connectivity index (χ3v) is 5.44. The Morgan fingerprint density at radius 2 is 1.38 bits per heavy atom. The van der Waals surface area contributed by atoms with E-state index in [1.54, 1.807) is 25.0 Å². The maximum Gasteiger partial charge on any atom is 0.267 e. The normalized spacial score (nSPS) is 10.7. The van der Waals surface area contributed by atoms with Crippen LogP contribution in [0, 0.1) is 0 Å². The third-order valence-electron chi connectivity index (χ3n) is 5.44. The van der Waals surface area contributed by atoms with Crippen molar-refractivity contribution in [1.82, 2.24) is 9.78 Å². The molecule has 0 amide bonds. The number of aromatic nitrogens is 2. The van der Waals surface area contributed by atoms with Crippen LogP contribution in [0.2, 0.25) is 0 Å². The topological polar surface area (TPSA) is 53.4 Å². The Balaban J connectivity index is 1.70. The van der Waals surface area contributed by atoms with Crippen molar-refractivity contribution in [2.45, 2.75) is 19.4 Å². The minimum absolute atomic E-state index is 0.110. The van der Waals surface area contributed by atoms with Gasteiger partial charge in [0.15, 0.2) is 0 Å². The van der Waals surface area contributed by atoms with Gasteiger partial charge in [-0.15, -0.1) is 0 Å². The fourth-order valence-electron chi connectivity index (χ4n) is 3.68. The summed E-state index contributed by atoms with van der Waals surface area (Å²) in [5.41, 5.74) is 4.54. The first kappa shape index (κ1) is 21.4. The van der Waals surface area contributed by atoms with Gasteiger partial charge in [-0.05, 0) is 60.4 Å². The highest BCUT2D eigenvalue weighted by Crippen LogP contribution is 2.31. The second-order valence-corrected chi connectivity index (χ2v) is 7.51. The predicted molar refractivity (Wildman–Crippen MR) is 127 cm³/mol. The second-order valence-electron chi connectivity index (χ2n) is 7.51. The maximum absolute atomic E-state index is 12.9. The lowest BCUT2D eigenvalue weighted by Crippen LogP contribution is -2.23. The molecule has 0 unspecified atom stereocenters. The Morgan fingerprint density at radius 3 is 1.97 bits per heavy atom. The van der Waals surface area contributed by atoms with Crippen LogP contribution in [-0.4, -0.2) is 24.0 Å². The molecule has 0 fully saturated rings. The zero-order valence-electron chi connectivity index (χ0n) is 18.3. The first-order valence-electron chi connectivity index (χ1n) is 10.6. The standard InChI is InChI=1S/C27H26N2O3/c1-31-23-14-10-21(11-15-23)25-19-26(30)29(18-6-9-20-7-4-3-5-8-20)28-27(25)22-12-16-24(32-2)17-13-22/h3-5,7-8,10-17,19H,6,9,18H2,1-2H3. The maximum atomic E-state index is 12.9. The summed E-state index contributed by atoms with van der Waals surface area (Å²) in [5, 5.41) is 4.78. The number of methoxy groups -OCH3 is 2. The molecule has 162 valence electrons. The molecule has 0 aliphatic rings. The van der Waals surface area contributed by atoms with Crippen molar-refractivity contribution in [3.05, 3.63) is 101 Å². The van der Waals surface area contributed by atoms with Crippen molar-refractivity contribution in [3.63, 3.8) is 0 Å². The van der Waals surface area contributed by atoms with Gasteiger partial charge in [-0.3, -0.25) is 4.79 Å². The molecular weight excluding hydrogens is 400 g/mol. The summed E-state index contributed by atoms with van der Waals surface area (Å²) in [6.45, 7) is 0.555. The number of aryl methyl sites for hydroxylation is 2. The van der Waals surface area contributed by atoms with Gasteiger partial charge in [0.25, 0.3) is 5.56 Å². The fourth-order valence-corrected chi connectivity index (χ4v) is 3.68. The highest BCUT2D eigenvalue weighted by molar-refractivity contribution is 5.80. The SMILES string of the molecule is COc1ccc(-c2cc(=O)n(CCCc3ccccc3)nc2-c2ccc(OC)cc2)cc1. The van der Waals surface area contributed by atoms with Gasteiger partial charge in [-0.2, -0.15) is 5.10 Å². The van der Waals surface area contributed by atoms with E-state index in [2.05, 4.69) is 12.1 Å². The van der Waals surface area contributed by atoms with Gasteiger partial charge in [-0.1, -0.05) is 42.5 Å². The summed E-state index contributed by atoms with van der Waals surface area (Å²) in [7, 11) is 3.28. The molecule has 4 aromatic rings. The van der Waals surface area contributed by atoms with Gasteiger partial charge < -0.3 is 9.47 Å². The Hall–Kier alpha value is -3.86. The number of hydrogen-bond acceptors (Lipinski definition) is 4. The fraction of sp³-hybridized carbons (Fsp3) is 0.185. The summed E-state index contributed by atoms with van der Waals surface area (Å²) < 4.78 is 12.1. The van der Waals surface area contributed by atoms with E-state index in [0.29, 0.717) is 6.54 Å². The number of hydrogen-bond donors (Lipinski definition) is 0. The number of benzene rings is 3. The van der Waals surface area contributed by atoms with Crippen molar-refractivity contribution in [1.29, 1.82) is 0 Å². The molecule has 0 aliphatic carbocycles.